The molecule has 0 fully saturated rings. The van der Waals surface area contributed by atoms with Gasteiger partial charge in [0.25, 0.3) is 0 Å². The Hall–Kier alpha value is -1.00. The summed E-state index contributed by atoms with van der Waals surface area (Å²) in [5.74, 6) is 0. The number of benzene rings is 1. The second kappa shape index (κ2) is 3.25. The molecule has 2 aromatic rings. The van der Waals surface area contributed by atoms with Crippen molar-refractivity contribution in [3.63, 3.8) is 0 Å². The summed E-state index contributed by atoms with van der Waals surface area (Å²) in [6.07, 6.45) is -4.40. The molecule has 2 rings (SSSR count). The molecule has 1 heterocycles. The SMILES string of the molecule is Cn1c(=[Se])n(C(F)(F)F)c2ccccc21. The normalized spacial score (nSPS) is 12.3. The van der Waals surface area contributed by atoms with Crippen LogP contribution < -0.4 is 0 Å². The molecule has 0 saturated carbocycles. The summed E-state index contributed by atoms with van der Waals surface area (Å²) in [5, 5.41) is 0. The maximum atomic E-state index is 12.7. The van der Waals surface area contributed by atoms with E-state index in [2.05, 4.69) is 15.6 Å². The Kier molecular flexibility index (Phi) is 2.28. The fourth-order valence-corrected chi connectivity index (χ4v) is 2.17. The number of alkyl halides is 3. The summed E-state index contributed by atoms with van der Waals surface area (Å²) in [6, 6.07) is 6.40. The number of nitrogens with zero attached hydrogens (tertiary/aromatic N) is 2. The van der Waals surface area contributed by atoms with Crippen LogP contribution in [0.25, 0.3) is 11.0 Å². The fraction of sp³-hybridized carbons (Fsp3) is 0.222. The van der Waals surface area contributed by atoms with E-state index in [9.17, 15) is 13.2 Å². The van der Waals surface area contributed by atoms with Gasteiger partial charge in [0.15, 0.2) is 0 Å². The van der Waals surface area contributed by atoms with Gasteiger partial charge in [-0.25, -0.2) is 0 Å². The molecule has 2 nitrogen and oxygen atoms in total. The van der Waals surface area contributed by atoms with Gasteiger partial charge >= 0.3 is 90.9 Å². The fourth-order valence-electron chi connectivity index (χ4n) is 1.54. The van der Waals surface area contributed by atoms with E-state index in [1.165, 1.54) is 10.6 Å². The Bertz CT molecular complexity index is 565. The summed E-state index contributed by atoms with van der Waals surface area (Å²) in [4.78, 5) is 0. The minimum absolute atomic E-state index is 0.0451. The average Bonchev–Trinajstić information content (AvgIpc) is 2.39. The molecule has 0 saturated heterocycles. The summed E-state index contributed by atoms with van der Waals surface area (Å²) in [7, 11) is 1.59. The van der Waals surface area contributed by atoms with Crippen LogP contribution in [0, 0.1) is 4.32 Å². The number of fused-ring (bicyclic) bond motifs is 1. The zero-order chi connectivity index (χ0) is 11.2. The van der Waals surface area contributed by atoms with Crippen molar-refractivity contribution >= 4 is 26.6 Å². The Balaban J connectivity index is 2.97. The molecule has 0 atom stereocenters. The van der Waals surface area contributed by atoms with Crippen molar-refractivity contribution in [2.45, 2.75) is 6.30 Å². The third kappa shape index (κ3) is 1.54. The van der Waals surface area contributed by atoms with E-state index in [-0.39, 0.29) is 9.84 Å². The molecule has 0 aliphatic rings. The Morgan fingerprint density at radius 1 is 1.13 bits per heavy atom. The number of halogens is 3. The van der Waals surface area contributed by atoms with Crippen LogP contribution in [-0.2, 0) is 13.3 Å². The molecule has 0 aliphatic carbocycles. The van der Waals surface area contributed by atoms with Gasteiger partial charge < -0.3 is 0 Å². The van der Waals surface area contributed by atoms with Crippen LogP contribution in [0.4, 0.5) is 13.2 Å². The molecule has 1 aromatic carbocycles. The van der Waals surface area contributed by atoms with Gasteiger partial charge in [0, 0.05) is 0 Å². The molecule has 0 spiro atoms. The molecule has 0 radical (unpaired) electrons. The molecular formula is C9H7F3N2Se. The van der Waals surface area contributed by atoms with Crippen molar-refractivity contribution in [1.82, 2.24) is 9.13 Å². The van der Waals surface area contributed by atoms with Crippen molar-refractivity contribution in [2.75, 3.05) is 0 Å². The number of aromatic nitrogens is 2. The Morgan fingerprint density at radius 3 is 2.20 bits per heavy atom. The van der Waals surface area contributed by atoms with Gasteiger partial charge in [0.1, 0.15) is 0 Å². The predicted octanol–water partition coefficient (Wildman–Crippen LogP) is 2.16. The van der Waals surface area contributed by atoms with Gasteiger partial charge in [-0.1, -0.05) is 0 Å². The first-order chi connectivity index (χ1) is 6.93. The number of imidazole rings is 1. The van der Waals surface area contributed by atoms with Gasteiger partial charge in [-0.05, 0) is 0 Å². The summed E-state index contributed by atoms with van der Waals surface area (Å²) in [6.45, 7) is 0. The van der Waals surface area contributed by atoms with E-state index in [1.807, 2.05) is 0 Å². The van der Waals surface area contributed by atoms with E-state index in [0.29, 0.717) is 10.1 Å². The second-order valence-electron chi connectivity index (χ2n) is 3.13. The van der Waals surface area contributed by atoms with Crippen molar-refractivity contribution in [2.24, 2.45) is 7.05 Å². The van der Waals surface area contributed by atoms with Crippen LogP contribution in [-0.4, -0.2) is 24.7 Å². The monoisotopic (exact) mass is 280 g/mol. The Morgan fingerprint density at radius 2 is 1.67 bits per heavy atom. The second-order valence-corrected chi connectivity index (χ2v) is 3.90. The zero-order valence-electron chi connectivity index (χ0n) is 7.75. The number of para-hydroxylation sites is 2. The first-order valence-corrected chi connectivity index (χ1v) is 5.02. The predicted molar refractivity (Wildman–Crippen MR) is 51.2 cm³/mol. The molecule has 80 valence electrons. The average molecular weight is 279 g/mol. The van der Waals surface area contributed by atoms with Crippen LogP contribution in [0.2, 0.25) is 0 Å². The van der Waals surface area contributed by atoms with Crippen LogP contribution in [0.15, 0.2) is 24.3 Å². The number of hydrogen-bond acceptors (Lipinski definition) is 0. The molecular weight excluding hydrogens is 272 g/mol. The maximum absolute atomic E-state index is 12.7. The van der Waals surface area contributed by atoms with Gasteiger partial charge in [-0.15, -0.1) is 0 Å². The summed E-state index contributed by atoms with van der Waals surface area (Å²) >= 11 is 2.44. The molecule has 0 N–H and O–H groups in total. The zero-order valence-corrected chi connectivity index (χ0v) is 9.46. The number of aryl methyl sites for hydroxylation is 1. The van der Waals surface area contributed by atoms with Crippen molar-refractivity contribution in [3.05, 3.63) is 28.6 Å². The van der Waals surface area contributed by atoms with E-state index >= 15 is 0 Å². The quantitative estimate of drug-likeness (QED) is 0.654. The molecule has 0 unspecified atom stereocenters. The van der Waals surface area contributed by atoms with E-state index in [1.54, 1.807) is 25.2 Å². The first kappa shape index (κ1) is 10.5. The molecule has 0 bridgehead atoms. The van der Waals surface area contributed by atoms with Crippen LogP contribution >= 0.6 is 0 Å². The van der Waals surface area contributed by atoms with Crippen molar-refractivity contribution < 1.29 is 13.2 Å². The van der Waals surface area contributed by atoms with E-state index in [0.717, 1.165) is 0 Å². The van der Waals surface area contributed by atoms with Crippen LogP contribution in [0.3, 0.4) is 0 Å². The van der Waals surface area contributed by atoms with Crippen LogP contribution in [0.5, 0.6) is 0 Å². The summed E-state index contributed by atoms with van der Waals surface area (Å²) in [5.41, 5.74) is 0.699. The van der Waals surface area contributed by atoms with E-state index in [4.69, 9.17) is 0 Å². The van der Waals surface area contributed by atoms with Gasteiger partial charge in [0.2, 0.25) is 0 Å². The van der Waals surface area contributed by atoms with Gasteiger partial charge in [-0.2, -0.15) is 0 Å². The third-order valence-corrected chi connectivity index (χ3v) is 3.17. The van der Waals surface area contributed by atoms with Crippen molar-refractivity contribution in [3.8, 4) is 0 Å². The van der Waals surface area contributed by atoms with Gasteiger partial charge in [-0.3, -0.25) is 0 Å². The molecule has 1 aromatic heterocycles. The molecule has 0 aliphatic heterocycles. The standard InChI is InChI=1S/C9H7F3N2Se/c1-13-6-4-2-3-5-7(6)14(8(13)15)9(10,11)12/h2-5H,1H3. The van der Waals surface area contributed by atoms with Gasteiger partial charge in [0.05, 0.1) is 0 Å². The first-order valence-electron chi connectivity index (χ1n) is 4.16. The molecule has 0 amide bonds. The molecule has 15 heavy (non-hydrogen) atoms. The minimum atomic E-state index is -4.40. The number of rotatable bonds is 0. The summed E-state index contributed by atoms with van der Waals surface area (Å²) < 4.78 is 40.0. The Labute approximate surface area is 91.3 Å². The third-order valence-electron chi connectivity index (χ3n) is 2.22. The van der Waals surface area contributed by atoms with Crippen LogP contribution in [0.1, 0.15) is 0 Å². The number of hydrogen-bond donors (Lipinski definition) is 0. The van der Waals surface area contributed by atoms with E-state index < -0.39 is 6.30 Å². The van der Waals surface area contributed by atoms with Crippen molar-refractivity contribution in [1.29, 1.82) is 0 Å². The molecule has 6 heteroatoms. The topological polar surface area (TPSA) is 9.86 Å².